The van der Waals surface area contributed by atoms with E-state index in [-0.39, 0.29) is 5.54 Å². The Hall–Kier alpha value is -1.59. The molecule has 1 aliphatic carbocycles. The average Bonchev–Trinajstić information content (AvgIpc) is 3.03. The molecule has 1 aromatic rings. The van der Waals surface area contributed by atoms with Crippen molar-refractivity contribution in [3.8, 4) is 0 Å². The van der Waals surface area contributed by atoms with Crippen LogP contribution in [-0.4, -0.2) is 41.1 Å². The lowest BCUT2D eigenvalue weighted by Gasteiger charge is -2.16. The summed E-state index contributed by atoms with van der Waals surface area (Å²) >= 11 is 0. The van der Waals surface area contributed by atoms with Crippen LogP contribution in [0.5, 0.6) is 0 Å². The standard InChI is InChI=1S/C12H22N6/c1-5-8-13-9-14-10(17-12(2)6-7-12)16-11(15-9)18(3)4/h5-8H2,1-4H3,(H2,13,14,15,16,17). The molecule has 0 amide bonds. The highest BCUT2D eigenvalue weighted by molar-refractivity contribution is 5.45. The Morgan fingerprint density at radius 1 is 1.17 bits per heavy atom. The summed E-state index contributed by atoms with van der Waals surface area (Å²) in [6.07, 6.45) is 3.39. The fourth-order valence-corrected chi connectivity index (χ4v) is 1.52. The largest absolute Gasteiger partial charge is 0.354 e. The molecule has 1 aromatic heterocycles. The first-order valence-electron chi connectivity index (χ1n) is 6.48. The number of nitrogens with one attached hydrogen (secondary N) is 2. The molecule has 1 heterocycles. The number of nitrogens with zero attached hydrogens (tertiary/aromatic N) is 4. The van der Waals surface area contributed by atoms with E-state index in [1.54, 1.807) is 0 Å². The molecule has 6 heteroatoms. The zero-order valence-corrected chi connectivity index (χ0v) is 11.6. The molecule has 0 aliphatic heterocycles. The summed E-state index contributed by atoms with van der Waals surface area (Å²) in [5.41, 5.74) is 0.174. The third kappa shape index (κ3) is 3.21. The number of anilines is 3. The molecule has 1 saturated carbocycles. The molecule has 2 N–H and O–H groups in total. The van der Waals surface area contributed by atoms with Gasteiger partial charge in [-0.25, -0.2) is 0 Å². The minimum atomic E-state index is 0.174. The van der Waals surface area contributed by atoms with Gasteiger partial charge in [0.2, 0.25) is 17.8 Å². The normalized spacial score (nSPS) is 16.2. The van der Waals surface area contributed by atoms with Crippen molar-refractivity contribution >= 4 is 17.8 Å². The van der Waals surface area contributed by atoms with E-state index in [2.05, 4.69) is 39.4 Å². The molecular weight excluding hydrogens is 228 g/mol. The van der Waals surface area contributed by atoms with Crippen molar-refractivity contribution in [3.05, 3.63) is 0 Å². The molecule has 18 heavy (non-hydrogen) atoms. The minimum absolute atomic E-state index is 0.174. The highest BCUT2D eigenvalue weighted by Gasteiger charge is 2.38. The van der Waals surface area contributed by atoms with Crippen LogP contribution in [0.15, 0.2) is 0 Å². The Kier molecular flexibility index (Phi) is 3.54. The molecule has 100 valence electrons. The van der Waals surface area contributed by atoms with Gasteiger partial charge in [0.25, 0.3) is 0 Å². The van der Waals surface area contributed by atoms with Gasteiger partial charge in [0.1, 0.15) is 0 Å². The summed E-state index contributed by atoms with van der Waals surface area (Å²) < 4.78 is 0. The molecule has 0 aromatic carbocycles. The molecule has 1 aliphatic rings. The Morgan fingerprint density at radius 3 is 2.39 bits per heavy atom. The van der Waals surface area contributed by atoms with Crippen LogP contribution in [0.3, 0.4) is 0 Å². The summed E-state index contributed by atoms with van der Waals surface area (Å²) in [6.45, 7) is 5.17. The third-order valence-corrected chi connectivity index (χ3v) is 2.97. The molecule has 0 radical (unpaired) electrons. The Labute approximate surface area is 108 Å². The maximum Gasteiger partial charge on any atom is 0.231 e. The minimum Gasteiger partial charge on any atom is -0.354 e. The van der Waals surface area contributed by atoms with Gasteiger partial charge in [-0.3, -0.25) is 0 Å². The summed E-state index contributed by atoms with van der Waals surface area (Å²) in [4.78, 5) is 15.1. The molecular formula is C12H22N6. The fraction of sp³-hybridized carbons (Fsp3) is 0.750. The summed E-state index contributed by atoms with van der Waals surface area (Å²) in [5.74, 6) is 1.98. The SMILES string of the molecule is CCCNc1nc(NC2(C)CC2)nc(N(C)C)n1. The zero-order valence-electron chi connectivity index (χ0n) is 11.6. The summed E-state index contributed by atoms with van der Waals surface area (Å²) in [6, 6.07) is 0. The molecule has 2 rings (SSSR count). The molecule has 0 saturated heterocycles. The summed E-state index contributed by atoms with van der Waals surface area (Å²) in [5, 5.41) is 6.58. The molecule has 0 atom stereocenters. The van der Waals surface area contributed by atoms with E-state index in [0.717, 1.165) is 13.0 Å². The predicted molar refractivity (Wildman–Crippen MR) is 74.2 cm³/mol. The smallest absolute Gasteiger partial charge is 0.231 e. The topological polar surface area (TPSA) is 66.0 Å². The van der Waals surface area contributed by atoms with Crippen LogP contribution < -0.4 is 15.5 Å². The molecule has 6 nitrogen and oxygen atoms in total. The van der Waals surface area contributed by atoms with Gasteiger partial charge in [0.05, 0.1) is 0 Å². The average molecular weight is 250 g/mol. The number of aromatic nitrogens is 3. The van der Waals surface area contributed by atoms with Crippen LogP contribution in [0.2, 0.25) is 0 Å². The lowest BCUT2D eigenvalue weighted by molar-refractivity contribution is 0.801. The van der Waals surface area contributed by atoms with Crippen LogP contribution >= 0.6 is 0 Å². The van der Waals surface area contributed by atoms with E-state index in [1.807, 2.05) is 19.0 Å². The highest BCUT2D eigenvalue weighted by atomic mass is 15.3. The van der Waals surface area contributed by atoms with Gasteiger partial charge in [-0.15, -0.1) is 0 Å². The van der Waals surface area contributed by atoms with Crippen molar-refractivity contribution in [2.75, 3.05) is 36.2 Å². The molecule has 0 spiro atoms. The second kappa shape index (κ2) is 4.96. The van der Waals surface area contributed by atoms with Gasteiger partial charge < -0.3 is 15.5 Å². The van der Waals surface area contributed by atoms with E-state index < -0.39 is 0 Å². The van der Waals surface area contributed by atoms with Crippen LogP contribution in [0, 0.1) is 0 Å². The van der Waals surface area contributed by atoms with Crippen LogP contribution in [0.25, 0.3) is 0 Å². The second-order valence-corrected chi connectivity index (χ2v) is 5.29. The van der Waals surface area contributed by atoms with Crippen LogP contribution in [-0.2, 0) is 0 Å². The van der Waals surface area contributed by atoms with Crippen molar-refractivity contribution in [2.24, 2.45) is 0 Å². The third-order valence-electron chi connectivity index (χ3n) is 2.97. The van der Waals surface area contributed by atoms with E-state index in [0.29, 0.717) is 17.8 Å². The predicted octanol–water partition coefficient (Wildman–Crippen LogP) is 1.72. The van der Waals surface area contributed by atoms with Crippen molar-refractivity contribution in [2.45, 2.75) is 38.6 Å². The van der Waals surface area contributed by atoms with Gasteiger partial charge in [-0.1, -0.05) is 6.92 Å². The monoisotopic (exact) mass is 250 g/mol. The molecule has 0 bridgehead atoms. The van der Waals surface area contributed by atoms with Crippen LogP contribution in [0.4, 0.5) is 17.8 Å². The van der Waals surface area contributed by atoms with E-state index in [4.69, 9.17) is 0 Å². The van der Waals surface area contributed by atoms with E-state index in [9.17, 15) is 0 Å². The van der Waals surface area contributed by atoms with Gasteiger partial charge in [0, 0.05) is 26.2 Å². The highest BCUT2D eigenvalue weighted by Crippen LogP contribution is 2.37. The first-order valence-corrected chi connectivity index (χ1v) is 6.48. The number of rotatable bonds is 6. The van der Waals surface area contributed by atoms with Gasteiger partial charge >= 0.3 is 0 Å². The van der Waals surface area contributed by atoms with Crippen molar-refractivity contribution in [1.82, 2.24) is 15.0 Å². The molecule has 1 fully saturated rings. The Balaban J connectivity index is 2.18. The van der Waals surface area contributed by atoms with E-state index >= 15 is 0 Å². The quantitative estimate of drug-likeness (QED) is 0.801. The second-order valence-electron chi connectivity index (χ2n) is 5.29. The lowest BCUT2D eigenvalue weighted by Crippen LogP contribution is -2.22. The lowest BCUT2D eigenvalue weighted by atomic mass is 10.3. The van der Waals surface area contributed by atoms with Gasteiger partial charge in [0.15, 0.2) is 0 Å². The first-order chi connectivity index (χ1) is 8.52. The van der Waals surface area contributed by atoms with Gasteiger partial charge in [-0.05, 0) is 26.2 Å². The maximum absolute atomic E-state index is 4.42. The van der Waals surface area contributed by atoms with Crippen molar-refractivity contribution in [1.29, 1.82) is 0 Å². The first kappa shape index (κ1) is 12.9. The summed E-state index contributed by atoms with van der Waals surface area (Å²) in [7, 11) is 3.86. The van der Waals surface area contributed by atoms with Crippen LogP contribution in [0.1, 0.15) is 33.1 Å². The molecule has 0 unspecified atom stereocenters. The van der Waals surface area contributed by atoms with E-state index in [1.165, 1.54) is 12.8 Å². The van der Waals surface area contributed by atoms with Crippen molar-refractivity contribution < 1.29 is 0 Å². The Morgan fingerprint density at radius 2 is 1.83 bits per heavy atom. The number of hydrogen-bond donors (Lipinski definition) is 2. The fourth-order valence-electron chi connectivity index (χ4n) is 1.52. The van der Waals surface area contributed by atoms with Gasteiger partial charge in [-0.2, -0.15) is 15.0 Å². The zero-order chi connectivity index (χ0) is 13.2. The Bertz CT molecular complexity index is 413. The number of hydrogen-bond acceptors (Lipinski definition) is 6. The maximum atomic E-state index is 4.42. The van der Waals surface area contributed by atoms with Crippen molar-refractivity contribution in [3.63, 3.8) is 0 Å².